The number of halogens is 1. The van der Waals surface area contributed by atoms with Crippen molar-refractivity contribution in [2.24, 2.45) is 0 Å². The van der Waals surface area contributed by atoms with Crippen LogP contribution in [0.4, 0.5) is 0 Å². The van der Waals surface area contributed by atoms with Gasteiger partial charge in [0.25, 0.3) is 0 Å². The van der Waals surface area contributed by atoms with Crippen LogP contribution in [0.2, 0.25) is 5.02 Å². The molecule has 0 radical (unpaired) electrons. The van der Waals surface area contributed by atoms with Gasteiger partial charge in [-0.05, 0) is 43.7 Å². The highest BCUT2D eigenvalue weighted by atomic mass is 35.5. The number of ether oxygens (including phenoxy) is 1. The number of hydrogen-bond acceptors (Lipinski definition) is 4. The molecule has 0 amide bonds. The van der Waals surface area contributed by atoms with E-state index in [2.05, 4.69) is 9.71 Å². The van der Waals surface area contributed by atoms with Crippen LogP contribution in [0.3, 0.4) is 0 Å². The molecule has 7 heteroatoms. The van der Waals surface area contributed by atoms with Crippen molar-refractivity contribution in [3.63, 3.8) is 0 Å². The Morgan fingerprint density at radius 1 is 1.32 bits per heavy atom. The summed E-state index contributed by atoms with van der Waals surface area (Å²) in [6, 6.07) is 7.95. The zero-order valence-electron chi connectivity index (χ0n) is 12.3. The summed E-state index contributed by atoms with van der Waals surface area (Å²) in [5.41, 5.74) is 0.775. The highest BCUT2D eigenvalue weighted by Gasteiger charge is 2.16. The number of nitrogens with one attached hydrogen (secondary N) is 1. The van der Waals surface area contributed by atoms with Crippen LogP contribution in [0.1, 0.15) is 19.4 Å². The molecule has 1 aromatic carbocycles. The Hall–Kier alpha value is -1.63. The molecule has 0 unspecified atom stereocenters. The average molecular weight is 341 g/mol. The first-order valence-electron chi connectivity index (χ1n) is 6.73. The van der Waals surface area contributed by atoms with Gasteiger partial charge in [-0.3, -0.25) is 4.98 Å². The van der Waals surface area contributed by atoms with E-state index >= 15 is 0 Å². The lowest BCUT2D eigenvalue weighted by Crippen LogP contribution is -2.23. The zero-order valence-corrected chi connectivity index (χ0v) is 13.9. The highest BCUT2D eigenvalue weighted by molar-refractivity contribution is 7.89. The minimum absolute atomic E-state index is 0.0383. The average Bonchev–Trinajstić information content (AvgIpc) is 2.48. The standard InChI is InChI=1S/C15H17ClN2O3S/c1-11(2)21-15-6-5-13(8-14(15)16)22(19,20)18-10-12-4-3-7-17-9-12/h3-9,11,18H,10H2,1-2H3. The van der Waals surface area contributed by atoms with Gasteiger partial charge in [0.15, 0.2) is 0 Å². The first-order chi connectivity index (χ1) is 10.4. The molecule has 0 bridgehead atoms. The Labute approximate surface area is 135 Å². The van der Waals surface area contributed by atoms with E-state index in [9.17, 15) is 8.42 Å². The van der Waals surface area contributed by atoms with E-state index in [0.29, 0.717) is 5.75 Å². The molecule has 0 saturated heterocycles. The lowest BCUT2D eigenvalue weighted by Gasteiger charge is -2.13. The Kier molecular flexibility index (Phi) is 5.39. The largest absolute Gasteiger partial charge is 0.489 e. The predicted octanol–water partition coefficient (Wildman–Crippen LogP) is 3.00. The lowest BCUT2D eigenvalue weighted by molar-refractivity contribution is 0.242. The molecule has 2 aromatic rings. The van der Waals surface area contributed by atoms with Crippen LogP contribution < -0.4 is 9.46 Å². The van der Waals surface area contributed by atoms with Crippen LogP contribution in [0.5, 0.6) is 5.75 Å². The molecule has 0 aliphatic carbocycles. The molecule has 0 fully saturated rings. The van der Waals surface area contributed by atoms with E-state index < -0.39 is 10.0 Å². The molecule has 0 spiro atoms. The van der Waals surface area contributed by atoms with Crippen LogP contribution in [0.25, 0.3) is 0 Å². The Balaban J connectivity index is 2.14. The topological polar surface area (TPSA) is 68.3 Å². The van der Waals surface area contributed by atoms with E-state index in [1.807, 2.05) is 13.8 Å². The van der Waals surface area contributed by atoms with Gasteiger partial charge >= 0.3 is 0 Å². The first kappa shape index (κ1) is 16.7. The van der Waals surface area contributed by atoms with E-state index in [4.69, 9.17) is 16.3 Å². The molecule has 0 atom stereocenters. The fourth-order valence-corrected chi connectivity index (χ4v) is 3.10. The molecule has 1 aromatic heterocycles. The Morgan fingerprint density at radius 3 is 2.68 bits per heavy atom. The van der Waals surface area contributed by atoms with Crippen molar-refractivity contribution in [1.29, 1.82) is 0 Å². The van der Waals surface area contributed by atoms with E-state index in [1.54, 1.807) is 30.6 Å². The van der Waals surface area contributed by atoms with Gasteiger partial charge in [0, 0.05) is 18.9 Å². The third-order valence-electron chi connectivity index (χ3n) is 2.77. The number of sulfonamides is 1. The molecule has 118 valence electrons. The normalized spacial score (nSPS) is 11.6. The van der Waals surface area contributed by atoms with Crippen molar-refractivity contribution in [2.75, 3.05) is 0 Å². The van der Waals surface area contributed by atoms with E-state index in [-0.39, 0.29) is 22.6 Å². The summed E-state index contributed by atoms with van der Waals surface area (Å²) < 4.78 is 32.5. The predicted molar refractivity (Wildman–Crippen MR) is 85.5 cm³/mol. The molecule has 1 heterocycles. The monoisotopic (exact) mass is 340 g/mol. The van der Waals surface area contributed by atoms with Gasteiger partial charge in [0.1, 0.15) is 5.75 Å². The van der Waals surface area contributed by atoms with Gasteiger partial charge < -0.3 is 4.74 Å². The maximum Gasteiger partial charge on any atom is 0.240 e. The molecule has 5 nitrogen and oxygen atoms in total. The van der Waals surface area contributed by atoms with Crippen molar-refractivity contribution < 1.29 is 13.2 Å². The minimum atomic E-state index is -3.64. The fourth-order valence-electron chi connectivity index (χ4n) is 1.76. The quantitative estimate of drug-likeness (QED) is 0.877. The number of rotatable bonds is 6. The maximum atomic E-state index is 12.3. The molecule has 0 aliphatic rings. The molecular formula is C15H17ClN2O3S. The third kappa shape index (κ3) is 4.43. The van der Waals surface area contributed by atoms with Gasteiger partial charge in [-0.25, -0.2) is 13.1 Å². The fraction of sp³-hybridized carbons (Fsp3) is 0.267. The number of aromatic nitrogens is 1. The molecule has 22 heavy (non-hydrogen) atoms. The number of pyridine rings is 1. The summed E-state index contributed by atoms with van der Waals surface area (Å²) in [5, 5.41) is 0.262. The van der Waals surface area contributed by atoms with Gasteiger partial charge in [-0.15, -0.1) is 0 Å². The van der Waals surface area contributed by atoms with Gasteiger partial charge in [-0.2, -0.15) is 0 Å². The molecule has 0 aliphatic heterocycles. The lowest BCUT2D eigenvalue weighted by atomic mass is 10.3. The highest BCUT2D eigenvalue weighted by Crippen LogP contribution is 2.28. The van der Waals surface area contributed by atoms with Crippen molar-refractivity contribution >= 4 is 21.6 Å². The van der Waals surface area contributed by atoms with Crippen LogP contribution in [0.15, 0.2) is 47.6 Å². The summed E-state index contributed by atoms with van der Waals surface area (Å²) in [4.78, 5) is 4.03. The summed E-state index contributed by atoms with van der Waals surface area (Å²) in [6.45, 7) is 3.91. The van der Waals surface area contributed by atoms with Crippen molar-refractivity contribution in [3.05, 3.63) is 53.3 Å². The second-order valence-corrected chi connectivity index (χ2v) is 7.12. The second kappa shape index (κ2) is 7.09. The molecular weight excluding hydrogens is 324 g/mol. The van der Waals surface area contributed by atoms with Crippen molar-refractivity contribution in [2.45, 2.75) is 31.4 Å². The number of benzene rings is 1. The summed E-state index contributed by atoms with van der Waals surface area (Å²) in [6.07, 6.45) is 3.20. The smallest absolute Gasteiger partial charge is 0.240 e. The summed E-state index contributed by atoms with van der Waals surface area (Å²) >= 11 is 6.07. The van der Waals surface area contributed by atoms with Gasteiger partial charge in [-0.1, -0.05) is 17.7 Å². The Bertz CT molecular complexity index is 734. The molecule has 1 N–H and O–H groups in total. The first-order valence-corrected chi connectivity index (χ1v) is 8.59. The third-order valence-corrected chi connectivity index (χ3v) is 4.46. The molecule has 2 rings (SSSR count). The van der Waals surface area contributed by atoms with Gasteiger partial charge in [0.05, 0.1) is 16.0 Å². The summed E-state index contributed by atoms with van der Waals surface area (Å²) in [7, 11) is -3.64. The SMILES string of the molecule is CC(C)Oc1ccc(S(=O)(=O)NCc2cccnc2)cc1Cl. The van der Waals surface area contributed by atoms with E-state index in [1.165, 1.54) is 12.1 Å². The van der Waals surface area contributed by atoms with Crippen LogP contribution in [0, 0.1) is 0 Å². The van der Waals surface area contributed by atoms with Crippen LogP contribution in [-0.4, -0.2) is 19.5 Å². The summed E-state index contributed by atoms with van der Waals surface area (Å²) in [5.74, 6) is 0.461. The number of nitrogens with zero attached hydrogens (tertiary/aromatic N) is 1. The van der Waals surface area contributed by atoms with Crippen molar-refractivity contribution in [3.8, 4) is 5.75 Å². The van der Waals surface area contributed by atoms with Gasteiger partial charge in [0.2, 0.25) is 10.0 Å². The van der Waals surface area contributed by atoms with Crippen LogP contribution >= 0.6 is 11.6 Å². The number of hydrogen-bond donors (Lipinski definition) is 1. The molecule has 0 saturated carbocycles. The maximum absolute atomic E-state index is 12.3. The van der Waals surface area contributed by atoms with E-state index in [0.717, 1.165) is 5.56 Å². The van der Waals surface area contributed by atoms with Crippen molar-refractivity contribution in [1.82, 2.24) is 9.71 Å². The second-order valence-electron chi connectivity index (χ2n) is 4.94. The van der Waals surface area contributed by atoms with Crippen LogP contribution in [-0.2, 0) is 16.6 Å². The minimum Gasteiger partial charge on any atom is -0.489 e. The zero-order chi connectivity index (χ0) is 16.2. The Morgan fingerprint density at radius 2 is 2.09 bits per heavy atom.